The van der Waals surface area contributed by atoms with E-state index >= 15 is 0 Å². The van der Waals surface area contributed by atoms with Crippen LogP contribution in [-0.2, 0) is 6.61 Å². The third-order valence-electron chi connectivity index (χ3n) is 3.69. The predicted octanol–water partition coefficient (Wildman–Crippen LogP) is 4.86. The van der Waals surface area contributed by atoms with Gasteiger partial charge < -0.3 is 10.5 Å². The Kier molecular flexibility index (Phi) is 4.92. The topological polar surface area (TPSA) is 35.2 Å². The Balaban J connectivity index is 2.17. The smallest absolute Gasteiger partial charge is 0.138 e. The minimum Gasteiger partial charge on any atom is -0.487 e. The van der Waals surface area contributed by atoms with Crippen LogP contribution in [0.5, 0.6) is 5.75 Å². The van der Waals surface area contributed by atoms with E-state index in [2.05, 4.69) is 32.9 Å². The van der Waals surface area contributed by atoms with Gasteiger partial charge in [0.15, 0.2) is 0 Å². The van der Waals surface area contributed by atoms with Crippen LogP contribution in [0.3, 0.4) is 0 Å². The van der Waals surface area contributed by atoms with Gasteiger partial charge in [0.1, 0.15) is 12.4 Å². The van der Waals surface area contributed by atoms with Gasteiger partial charge in [-0.25, -0.2) is 0 Å². The molecule has 21 heavy (non-hydrogen) atoms. The zero-order chi connectivity index (χ0) is 15.6. The molecule has 0 aliphatic rings. The lowest BCUT2D eigenvalue weighted by molar-refractivity contribution is 0.304. The summed E-state index contributed by atoms with van der Waals surface area (Å²) in [4.78, 5) is 0. The minimum absolute atomic E-state index is 0.0295. The minimum atomic E-state index is -0.0295. The van der Waals surface area contributed by atoms with Crippen molar-refractivity contribution in [2.75, 3.05) is 0 Å². The molecular formula is C18H22ClNO. The molecule has 2 nitrogen and oxygen atoms in total. The van der Waals surface area contributed by atoms with E-state index in [9.17, 15) is 0 Å². The number of nitrogens with two attached hydrogens (primary N) is 1. The van der Waals surface area contributed by atoms with Crippen molar-refractivity contribution in [3.8, 4) is 5.75 Å². The van der Waals surface area contributed by atoms with E-state index in [0.717, 1.165) is 5.56 Å². The Hall–Kier alpha value is -1.51. The van der Waals surface area contributed by atoms with Gasteiger partial charge in [0, 0.05) is 6.04 Å². The van der Waals surface area contributed by atoms with Crippen LogP contribution in [0.4, 0.5) is 0 Å². The molecule has 0 amide bonds. The fraction of sp³-hybridized carbons (Fsp3) is 0.333. The molecule has 0 heterocycles. The fourth-order valence-electron chi connectivity index (χ4n) is 2.50. The highest BCUT2D eigenvalue weighted by Gasteiger charge is 2.09. The van der Waals surface area contributed by atoms with E-state index in [0.29, 0.717) is 17.4 Å². The van der Waals surface area contributed by atoms with E-state index in [4.69, 9.17) is 22.1 Å². The molecule has 2 rings (SSSR count). The Morgan fingerprint density at radius 2 is 1.71 bits per heavy atom. The second-order valence-electron chi connectivity index (χ2n) is 5.64. The van der Waals surface area contributed by atoms with Crippen LogP contribution in [0.15, 0.2) is 30.3 Å². The van der Waals surface area contributed by atoms with Gasteiger partial charge in [-0.1, -0.05) is 35.4 Å². The summed E-state index contributed by atoms with van der Waals surface area (Å²) in [5, 5.41) is 0.604. The van der Waals surface area contributed by atoms with Crippen molar-refractivity contribution in [2.45, 2.75) is 40.3 Å². The Labute approximate surface area is 131 Å². The maximum absolute atomic E-state index is 6.26. The summed E-state index contributed by atoms with van der Waals surface area (Å²) in [7, 11) is 0. The van der Waals surface area contributed by atoms with Gasteiger partial charge in [0.25, 0.3) is 0 Å². The summed E-state index contributed by atoms with van der Waals surface area (Å²) in [5.74, 6) is 0.695. The van der Waals surface area contributed by atoms with Crippen LogP contribution in [0.2, 0.25) is 5.02 Å². The Morgan fingerprint density at radius 1 is 1.10 bits per heavy atom. The third-order valence-corrected chi connectivity index (χ3v) is 3.99. The second-order valence-corrected chi connectivity index (χ2v) is 6.05. The largest absolute Gasteiger partial charge is 0.487 e. The van der Waals surface area contributed by atoms with Crippen molar-refractivity contribution in [1.82, 2.24) is 0 Å². The summed E-state index contributed by atoms with van der Waals surface area (Å²) in [6, 6.07) is 10.0. The van der Waals surface area contributed by atoms with Crippen LogP contribution < -0.4 is 10.5 Å². The molecule has 0 aromatic heterocycles. The molecule has 0 radical (unpaired) electrons. The molecule has 0 aliphatic carbocycles. The lowest BCUT2D eigenvalue weighted by atomic mass is 10.0. The lowest BCUT2D eigenvalue weighted by Gasteiger charge is -2.14. The maximum Gasteiger partial charge on any atom is 0.138 e. The molecule has 0 bridgehead atoms. The van der Waals surface area contributed by atoms with Crippen molar-refractivity contribution in [2.24, 2.45) is 5.73 Å². The summed E-state index contributed by atoms with van der Waals surface area (Å²) >= 11 is 6.26. The van der Waals surface area contributed by atoms with E-state index < -0.39 is 0 Å². The van der Waals surface area contributed by atoms with Crippen molar-refractivity contribution >= 4 is 11.6 Å². The van der Waals surface area contributed by atoms with Crippen LogP contribution in [0, 0.1) is 20.8 Å². The van der Waals surface area contributed by atoms with Gasteiger partial charge in [-0.2, -0.15) is 0 Å². The van der Waals surface area contributed by atoms with Gasteiger partial charge in [0.05, 0.1) is 5.02 Å². The molecule has 2 N–H and O–H groups in total. The molecule has 112 valence electrons. The molecule has 3 heteroatoms. The average Bonchev–Trinajstić information content (AvgIpc) is 2.38. The molecule has 0 saturated carbocycles. The van der Waals surface area contributed by atoms with Crippen LogP contribution in [0.25, 0.3) is 0 Å². The molecule has 1 unspecified atom stereocenters. The normalized spacial score (nSPS) is 12.3. The number of aryl methyl sites for hydroxylation is 3. The van der Waals surface area contributed by atoms with E-state index in [1.165, 1.54) is 22.3 Å². The van der Waals surface area contributed by atoms with Gasteiger partial charge in [0.2, 0.25) is 0 Å². The first-order chi connectivity index (χ1) is 9.88. The molecule has 0 fully saturated rings. The highest BCUT2D eigenvalue weighted by atomic mass is 35.5. The van der Waals surface area contributed by atoms with Crippen molar-refractivity contribution in [3.05, 3.63) is 63.2 Å². The van der Waals surface area contributed by atoms with Crippen LogP contribution in [-0.4, -0.2) is 0 Å². The van der Waals surface area contributed by atoms with E-state index in [-0.39, 0.29) is 6.04 Å². The van der Waals surface area contributed by atoms with E-state index in [1.807, 2.05) is 25.1 Å². The lowest BCUT2D eigenvalue weighted by Crippen LogP contribution is -2.05. The molecule has 0 saturated heterocycles. The Morgan fingerprint density at radius 3 is 2.24 bits per heavy atom. The summed E-state index contributed by atoms with van der Waals surface area (Å²) in [5.41, 5.74) is 11.8. The van der Waals surface area contributed by atoms with Gasteiger partial charge in [-0.3, -0.25) is 0 Å². The summed E-state index contributed by atoms with van der Waals surface area (Å²) < 4.78 is 5.89. The molecule has 1 atom stereocenters. The predicted molar refractivity (Wildman–Crippen MR) is 89.0 cm³/mol. The molecular weight excluding hydrogens is 282 g/mol. The third kappa shape index (κ3) is 3.78. The molecule has 2 aromatic rings. The van der Waals surface area contributed by atoms with Gasteiger partial charge in [-0.05, 0) is 62.1 Å². The number of rotatable bonds is 4. The van der Waals surface area contributed by atoms with Crippen molar-refractivity contribution < 1.29 is 4.74 Å². The quantitative estimate of drug-likeness (QED) is 0.875. The maximum atomic E-state index is 6.26. The number of hydrogen-bond acceptors (Lipinski definition) is 2. The first kappa shape index (κ1) is 15.9. The van der Waals surface area contributed by atoms with Crippen molar-refractivity contribution in [3.63, 3.8) is 0 Å². The first-order valence-corrected chi connectivity index (χ1v) is 7.51. The van der Waals surface area contributed by atoms with E-state index in [1.54, 1.807) is 0 Å². The number of ether oxygens (including phenoxy) is 1. The molecule has 0 spiro atoms. The Bertz CT molecular complexity index is 627. The zero-order valence-electron chi connectivity index (χ0n) is 13.0. The van der Waals surface area contributed by atoms with Crippen molar-refractivity contribution in [1.29, 1.82) is 0 Å². The fourth-order valence-corrected chi connectivity index (χ4v) is 2.75. The van der Waals surface area contributed by atoms with Crippen LogP contribution >= 0.6 is 11.6 Å². The van der Waals surface area contributed by atoms with Gasteiger partial charge in [-0.15, -0.1) is 0 Å². The second kappa shape index (κ2) is 6.50. The summed E-state index contributed by atoms with van der Waals surface area (Å²) in [6.45, 7) is 8.79. The number of hydrogen-bond donors (Lipinski definition) is 1. The number of benzene rings is 2. The molecule has 2 aromatic carbocycles. The van der Waals surface area contributed by atoms with Crippen LogP contribution in [0.1, 0.15) is 40.8 Å². The highest BCUT2D eigenvalue weighted by molar-refractivity contribution is 6.32. The SMILES string of the molecule is Cc1cc(C)c(COc2ccc(C(C)N)cc2Cl)c(C)c1. The van der Waals surface area contributed by atoms with Gasteiger partial charge >= 0.3 is 0 Å². The molecule has 0 aliphatic heterocycles. The average molecular weight is 304 g/mol. The monoisotopic (exact) mass is 303 g/mol. The zero-order valence-corrected chi connectivity index (χ0v) is 13.8. The first-order valence-electron chi connectivity index (χ1n) is 7.13. The number of halogens is 1. The highest BCUT2D eigenvalue weighted by Crippen LogP contribution is 2.29. The standard InChI is InChI=1S/C18H22ClNO/c1-11-7-12(2)16(13(3)8-11)10-21-18-6-5-15(14(4)20)9-17(18)19/h5-9,14H,10,20H2,1-4H3. The summed E-state index contributed by atoms with van der Waals surface area (Å²) in [6.07, 6.45) is 0.